The van der Waals surface area contributed by atoms with Gasteiger partial charge in [-0.3, -0.25) is 0 Å². The van der Waals surface area contributed by atoms with Gasteiger partial charge in [0.15, 0.2) is 0 Å². The Morgan fingerprint density at radius 2 is 0.979 bits per heavy atom. The highest BCUT2D eigenvalue weighted by Crippen LogP contribution is 2.50. The number of hydrogen-bond donors (Lipinski definition) is 1. The lowest BCUT2D eigenvalue weighted by Crippen LogP contribution is -2.11. The zero-order valence-corrected chi connectivity index (χ0v) is 26.9. The zero-order valence-electron chi connectivity index (χ0n) is 26.1. The van der Waals surface area contributed by atoms with Crippen molar-refractivity contribution in [2.45, 2.75) is 0 Å². The van der Waals surface area contributed by atoms with E-state index in [0.717, 1.165) is 39.8 Å². The van der Waals surface area contributed by atoms with E-state index < -0.39 is 0 Å². The molecule has 8 aromatic rings. The highest BCUT2D eigenvalue weighted by atomic mass is 32.1. The van der Waals surface area contributed by atoms with Crippen LogP contribution in [-0.4, -0.2) is 0 Å². The molecule has 0 radical (unpaired) electrons. The fourth-order valence-corrected chi connectivity index (χ4v) is 7.88. The van der Waals surface area contributed by atoms with Gasteiger partial charge in [-0.05, 0) is 90.0 Å². The van der Waals surface area contributed by atoms with Gasteiger partial charge in [-0.2, -0.15) is 0 Å². The molecule has 0 bridgehead atoms. The maximum Gasteiger partial charge on any atom is 0.101 e. The molecule has 0 amide bonds. The van der Waals surface area contributed by atoms with E-state index in [4.69, 9.17) is 0 Å². The van der Waals surface area contributed by atoms with Gasteiger partial charge in [0, 0.05) is 55.3 Å². The summed E-state index contributed by atoms with van der Waals surface area (Å²) in [5.74, 6) is 0. The lowest BCUT2D eigenvalue weighted by Gasteiger charge is -2.29. The number of hydrogen-bond acceptors (Lipinski definition) is 4. The minimum Gasteiger partial charge on any atom is -0.354 e. The van der Waals surface area contributed by atoms with E-state index in [1.54, 1.807) is 0 Å². The van der Waals surface area contributed by atoms with Crippen molar-refractivity contribution >= 4 is 66.9 Å². The summed E-state index contributed by atoms with van der Waals surface area (Å²) in [5.41, 5.74) is 11.6. The molecule has 1 aliphatic heterocycles. The minimum absolute atomic E-state index is 1.13. The average molecular weight is 634 g/mol. The Kier molecular flexibility index (Phi) is 6.99. The fourth-order valence-electron chi connectivity index (χ4n) is 6.84. The first-order valence-electron chi connectivity index (χ1n) is 16.2. The number of fused-ring (bicyclic) bond motifs is 2. The summed E-state index contributed by atoms with van der Waals surface area (Å²) in [4.78, 5) is 5.91. The lowest BCUT2D eigenvalue weighted by atomic mass is 9.90. The maximum atomic E-state index is 3.82. The largest absolute Gasteiger partial charge is 0.354 e. The van der Waals surface area contributed by atoms with E-state index in [9.17, 15) is 0 Å². The molecule has 1 N–H and O–H groups in total. The number of nitrogens with one attached hydrogen (secondary N) is 1. The molecule has 228 valence electrons. The Morgan fingerprint density at radius 1 is 0.417 bits per heavy atom. The molecule has 2 heterocycles. The van der Waals surface area contributed by atoms with Crippen LogP contribution in [0.1, 0.15) is 0 Å². The van der Waals surface area contributed by atoms with Gasteiger partial charge < -0.3 is 15.1 Å². The van der Waals surface area contributed by atoms with Crippen LogP contribution in [0.3, 0.4) is 0 Å². The number of para-hydroxylation sites is 4. The summed E-state index contributed by atoms with van der Waals surface area (Å²) in [7, 11) is 0. The van der Waals surface area contributed by atoms with Gasteiger partial charge in [0.05, 0.1) is 5.69 Å². The number of rotatable bonds is 7. The summed E-state index contributed by atoms with van der Waals surface area (Å²) in [5, 5.41) is 7.45. The molecule has 0 fully saturated rings. The molecule has 9 rings (SSSR count). The SMILES string of the molecule is c1ccc(N(c2ccccc2)c2ccc(-c3ccc4c(c3)Nc3cccc5c(N(c6ccccc6)c6ccccc6)ccc-4c35)s2)cc1. The Bertz CT molecular complexity index is 2290. The highest BCUT2D eigenvalue weighted by molar-refractivity contribution is 7.19. The predicted molar refractivity (Wildman–Crippen MR) is 205 cm³/mol. The predicted octanol–water partition coefficient (Wildman–Crippen LogP) is 13.2. The van der Waals surface area contributed by atoms with E-state index in [-0.39, 0.29) is 0 Å². The van der Waals surface area contributed by atoms with E-state index >= 15 is 0 Å². The quantitative estimate of drug-likeness (QED) is 0.188. The van der Waals surface area contributed by atoms with Crippen molar-refractivity contribution in [3.63, 3.8) is 0 Å². The van der Waals surface area contributed by atoms with Crippen LogP contribution in [0.15, 0.2) is 182 Å². The Balaban J connectivity index is 1.12. The summed E-state index contributed by atoms with van der Waals surface area (Å²) in [6.07, 6.45) is 0. The second-order valence-electron chi connectivity index (χ2n) is 11.9. The first-order chi connectivity index (χ1) is 23.8. The van der Waals surface area contributed by atoms with Crippen LogP contribution < -0.4 is 15.1 Å². The summed E-state index contributed by atoms with van der Waals surface area (Å²) >= 11 is 1.81. The molecule has 1 aromatic heterocycles. The molecule has 48 heavy (non-hydrogen) atoms. The molecule has 0 unspecified atom stereocenters. The molecule has 7 aromatic carbocycles. The summed E-state index contributed by atoms with van der Waals surface area (Å²) < 4.78 is 0. The average Bonchev–Trinajstić information content (AvgIpc) is 3.64. The van der Waals surface area contributed by atoms with Gasteiger partial charge in [-0.15, -0.1) is 11.3 Å². The van der Waals surface area contributed by atoms with Crippen molar-refractivity contribution in [3.8, 4) is 21.6 Å². The van der Waals surface area contributed by atoms with Crippen LogP contribution >= 0.6 is 11.3 Å². The van der Waals surface area contributed by atoms with Crippen molar-refractivity contribution in [2.75, 3.05) is 15.1 Å². The van der Waals surface area contributed by atoms with Crippen molar-refractivity contribution in [3.05, 3.63) is 182 Å². The third kappa shape index (κ3) is 4.91. The van der Waals surface area contributed by atoms with Crippen molar-refractivity contribution in [2.24, 2.45) is 0 Å². The smallest absolute Gasteiger partial charge is 0.101 e. The van der Waals surface area contributed by atoms with Crippen molar-refractivity contribution < 1.29 is 0 Å². The molecule has 3 nitrogen and oxygen atoms in total. The number of nitrogens with zero attached hydrogens (tertiary/aromatic N) is 2. The van der Waals surface area contributed by atoms with E-state index in [1.807, 2.05) is 11.3 Å². The third-order valence-corrected chi connectivity index (χ3v) is 10.1. The minimum atomic E-state index is 1.13. The van der Waals surface area contributed by atoms with Crippen molar-refractivity contribution in [1.29, 1.82) is 0 Å². The van der Waals surface area contributed by atoms with E-state index in [2.05, 4.69) is 197 Å². The molecule has 0 atom stereocenters. The van der Waals surface area contributed by atoms with Gasteiger partial charge in [0.1, 0.15) is 5.00 Å². The fraction of sp³-hybridized carbons (Fsp3) is 0. The van der Waals surface area contributed by atoms with Gasteiger partial charge in [-0.1, -0.05) is 103 Å². The van der Waals surface area contributed by atoms with E-state index in [0.29, 0.717) is 0 Å². The summed E-state index contributed by atoms with van der Waals surface area (Å²) in [6.45, 7) is 0. The van der Waals surface area contributed by atoms with Gasteiger partial charge in [-0.25, -0.2) is 0 Å². The van der Waals surface area contributed by atoms with E-state index in [1.165, 1.54) is 37.3 Å². The number of benzene rings is 7. The van der Waals surface area contributed by atoms with Gasteiger partial charge in [0.2, 0.25) is 0 Å². The first-order valence-corrected chi connectivity index (χ1v) is 17.0. The number of anilines is 8. The lowest BCUT2D eigenvalue weighted by molar-refractivity contribution is 1.30. The summed E-state index contributed by atoms with van der Waals surface area (Å²) in [6, 6.07) is 64.9. The third-order valence-electron chi connectivity index (χ3n) is 8.99. The van der Waals surface area contributed by atoms with Crippen LogP contribution in [0.4, 0.5) is 44.8 Å². The monoisotopic (exact) mass is 633 g/mol. The molecule has 0 spiro atoms. The second-order valence-corrected chi connectivity index (χ2v) is 13.0. The van der Waals surface area contributed by atoms with Crippen LogP contribution in [-0.2, 0) is 0 Å². The van der Waals surface area contributed by atoms with Crippen LogP contribution in [0.2, 0.25) is 0 Å². The van der Waals surface area contributed by atoms with Gasteiger partial charge in [0.25, 0.3) is 0 Å². The zero-order chi connectivity index (χ0) is 31.9. The van der Waals surface area contributed by atoms with Crippen LogP contribution in [0, 0.1) is 0 Å². The normalized spacial score (nSPS) is 11.5. The first kappa shape index (κ1) is 28.1. The van der Waals surface area contributed by atoms with Crippen LogP contribution in [0.5, 0.6) is 0 Å². The number of thiophene rings is 1. The van der Waals surface area contributed by atoms with Crippen LogP contribution in [0.25, 0.3) is 32.3 Å². The Labute approximate surface area is 284 Å². The highest BCUT2D eigenvalue weighted by Gasteiger charge is 2.23. The molecular formula is C44H31N3S. The molecule has 0 saturated heterocycles. The van der Waals surface area contributed by atoms with Crippen molar-refractivity contribution in [1.82, 2.24) is 0 Å². The molecular weight excluding hydrogens is 603 g/mol. The standard InChI is InChI=1S/C44H31N3S/c1-5-14-32(15-6-1)46(33-16-7-2-8-17-33)41-27-26-37-36-25-24-31(30-40(36)45-39-23-13-22-38(41)44(37)39)42-28-29-43(48-42)47(34-18-9-3-10-19-34)35-20-11-4-12-21-35/h1-30,45H. The maximum absolute atomic E-state index is 3.82. The molecule has 0 saturated carbocycles. The molecule has 4 heteroatoms. The topological polar surface area (TPSA) is 18.5 Å². The molecule has 0 aliphatic carbocycles. The second kappa shape index (κ2) is 11.9. The Hall–Kier alpha value is -6.10. The van der Waals surface area contributed by atoms with Gasteiger partial charge >= 0.3 is 0 Å². The molecule has 1 aliphatic rings. The Morgan fingerprint density at radius 3 is 1.58 bits per heavy atom.